The molecule has 0 aliphatic rings. The molecule has 3 aromatic rings. The Kier molecular flexibility index (Phi) is 2.91. The zero-order valence-electron chi connectivity index (χ0n) is 10.4. The van der Waals surface area contributed by atoms with Gasteiger partial charge in [0.15, 0.2) is 0 Å². The van der Waals surface area contributed by atoms with Crippen LogP contribution in [0.1, 0.15) is 5.56 Å². The summed E-state index contributed by atoms with van der Waals surface area (Å²) in [5.41, 5.74) is 10.5. The number of nitrogens with one attached hydrogen (secondary N) is 2. The van der Waals surface area contributed by atoms with Crippen molar-refractivity contribution in [2.24, 2.45) is 0 Å². The molecule has 1 aromatic heterocycles. The van der Waals surface area contributed by atoms with E-state index >= 15 is 0 Å². The van der Waals surface area contributed by atoms with E-state index in [-0.39, 0.29) is 0 Å². The van der Waals surface area contributed by atoms with Crippen LogP contribution in [0.3, 0.4) is 0 Å². The van der Waals surface area contributed by atoms with Gasteiger partial charge in [0.05, 0.1) is 11.0 Å². The third kappa shape index (κ3) is 2.42. The van der Waals surface area contributed by atoms with Crippen LogP contribution in [0.5, 0.6) is 0 Å². The van der Waals surface area contributed by atoms with Gasteiger partial charge >= 0.3 is 0 Å². The minimum absolute atomic E-state index is 0.710. The van der Waals surface area contributed by atoms with Crippen molar-refractivity contribution in [3.63, 3.8) is 0 Å². The van der Waals surface area contributed by atoms with Gasteiger partial charge in [-0.05, 0) is 42.8 Å². The molecule has 4 nitrogen and oxygen atoms in total. The van der Waals surface area contributed by atoms with Gasteiger partial charge in [-0.2, -0.15) is 0 Å². The number of aromatic amines is 1. The number of anilines is 3. The van der Waals surface area contributed by atoms with E-state index in [4.69, 9.17) is 5.73 Å². The number of imidazole rings is 1. The summed E-state index contributed by atoms with van der Waals surface area (Å²) >= 11 is 3.47. The Labute approximate surface area is 119 Å². The number of hydrogen-bond donors (Lipinski definition) is 3. The molecule has 3 rings (SSSR count). The molecule has 0 aliphatic heterocycles. The molecule has 0 radical (unpaired) electrons. The Morgan fingerprint density at radius 2 is 2.05 bits per heavy atom. The van der Waals surface area contributed by atoms with Gasteiger partial charge in [-0.15, -0.1) is 0 Å². The summed E-state index contributed by atoms with van der Waals surface area (Å²) in [7, 11) is 0. The molecular weight excluding hydrogens is 304 g/mol. The van der Waals surface area contributed by atoms with Crippen LogP contribution in [0.2, 0.25) is 0 Å². The quantitative estimate of drug-likeness (QED) is 0.627. The van der Waals surface area contributed by atoms with Gasteiger partial charge in [0.25, 0.3) is 0 Å². The second-order valence-electron chi connectivity index (χ2n) is 4.45. The maximum Gasteiger partial charge on any atom is 0.205 e. The summed E-state index contributed by atoms with van der Waals surface area (Å²) in [6.07, 6.45) is 0. The van der Waals surface area contributed by atoms with E-state index < -0.39 is 0 Å². The fraction of sp³-hybridized carbons (Fsp3) is 0.0714. The van der Waals surface area contributed by atoms with Crippen molar-refractivity contribution in [2.75, 3.05) is 11.1 Å². The number of benzene rings is 2. The normalized spacial score (nSPS) is 10.8. The topological polar surface area (TPSA) is 66.7 Å². The first-order chi connectivity index (χ1) is 9.11. The molecule has 4 N–H and O–H groups in total. The Morgan fingerprint density at radius 3 is 2.89 bits per heavy atom. The first-order valence-corrected chi connectivity index (χ1v) is 6.69. The molecule has 0 spiro atoms. The number of halogens is 1. The molecule has 0 fully saturated rings. The number of nitrogens with zero attached hydrogens (tertiary/aromatic N) is 1. The van der Waals surface area contributed by atoms with Gasteiger partial charge in [0, 0.05) is 15.8 Å². The van der Waals surface area contributed by atoms with Gasteiger partial charge < -0.3 is 16.0 Å². The molecule has 5 heteroatoms. The Morgan fingerprint density at radius 1 is 1.21 bits per heavy atom. The summed E-state index contributed by atoms with van der Waals surface area (Å²) in [5.74, 6) is 0.710. The number of fused-ring (bicyclic) bond motifs is 1. The van der Waals surface area contributed by atoms with Crippen LogP contribution in [0.15, 0.2) is 40.9 Å². The monoisotopic (exact) mass is 316 g/mol. The average Bonchev–Trinajstić information content (AvgIpc) is 2.75. The van der Waals surface area contributed by atoms with E-state index in [1.807, 2.05) is 36.4 Å². The summed E-state index contributed by atoms with van der Waals surface area (Å²) in [6, 6.07) is 11.7. The molecule has 96 valence electrons. The summed E-state index contributed by atoms with van der Waals surface area (Å²) < 4.78 is 1.03. The lowest BCUT2D eigenvalue weighted by Gasteiger charge is -2.06. The standard InChI is InChI=1S/C14H13BrN4/c1-8-2-3-9(15)6-12(8)18-14-17-11-5-4-10(16)7-13(11)19-14/h2-7H,16H2,1H3,(H2,17,18,19). The van der Waals surface area contributed by atoms with E-state index in [0.717, 1.165) is 32.4 Å². The lowest BCUT2D eigenvalue weighted by molar-refractivity contribution is 1.29. The number of rotatable bonds is 2. The van der Waals surface area contributed by atoms with Crippen LogP contribution in [-0.2, 0) is 0 Å². The number of H-pyrrole nitrogens is 1. The zero-order valence-corrected chi connectivity index (χ0v) is 12.0. The predicted octanol–water partition coefficient (Wildman–Crippen LogP) is 3.96. The minimum Gasteiger partial charge on any atom is -0.399 e. The SMILES string of the molecule is Cc1ccc(Br)cc1Nc1nc2ccc(N)cc2[nH]1. The van der Waals surface area contributed by atoms with Crippen molar-refractivity contribution in [1.82, 2.24) is 9.97 Å². The van der Waals surface area contributed by atoms with Crippen LogP contribution in [-0.4, -0.2) is 9.97 Å². The van der Waals surface area contributed by atoms with Crippen LogP contribution in [0.4, 0.5) is 17.3 Å². The number of hydrogen-bond acceptors (Lipinski definition) is 3. The number of aromatic nitrogens is 2. The van der Waals surface area contributed by atoms with Crippen molar-refractivity contribution >= 4 is 44.3 Å². The summed E-state index contributed by atoms with van der Waals surface area (Å²) in [6.45, 7) is 2.05. The molecular formula is C14H13BrN4. The average molecular weight is 317 g/mol. The minimum atomic E-state index is 0.710. The van der Waals surface area contributed by atoms with Gasteiger partial charge in [0.1, 0.15) is 0 Å². The molecule has 0 bridgehead atoms. The van der Waals surface area contributed by atoms with E-state index in [9.17, 15) is 0 Å². The van der Waals surface area contributed by atoms with E-state index in [1.54, 1.807) is 0 Å². The summed E-state index contributed by atoms with van der Waals surface area (Å²) in [4.78, 5) is 7.70. The van der Waals surface area contributed by atoms with Gasteiger partial charge in [-0.1, -0.05) is 22.0 Å². The molecule has 0 saturated carbocycles. The lowest BCUT2D eigenvalue weighted by atomic mass is 10.2. The largest absolute Gasteiger partial charge is 0.399 e. The molecule has 1 heterocycles. The van der Waals surface area contributed by atoms with Gasteiger partial charge in [-0.25, -0.2) is 4.98 Å². The highest BCUT2D eigenvalue weighted by molar-refractivity contribution is 9.10. The van der Waals surface area contributed by atoms with Crippen molar-refractivity contribution < 1.29 is 0 Å². The third-order valence-electron chi connectivity index (χ3n) is 2.96. The highest BCUT2D eigenvalue weighted by Crippen LogP contribution is 2.25. The highest BCUT2D eigenvalue weighted by atomic mass is 79.9. The van der Waals surface area contributed by atoms with Crippen LogP contribution in [0.25, 0.3) is 11.0 Å². The smallest absolute Gasteiger partial charge is 0.205 e. The second-order valence-corrected chi connectivity index (χ2v) is 5.36. The Balaban J connectivity index is 1.98. The van der Waals surface area contributed by atoms with Crippen LogP contribution in [0, 0.1) is 6.92 Å². The molecule has 0 saturated heterocycles. The third-order valence-corrected chi connectivity index (χ3v) is 3.45. The van der Waals surface area contributed by atoms with E-state index in [1.165, 1.54) is 0 Å². The first-order valence-electron chi connectivity index (χ1n) is 5.90. The molecule has 0 amide bonds. The maximum atomic E-state index is 5.76. The van der Waals surface area contributed by atoms with Gasteiger partial charge in [0.2, 0.25) is 5.95 Å². The fourth-order valence-electron chi connectivity index (χ4n) is 1.94. The zero-order chi connectivity index (χ0) is 13.4. The molecule has 19 heavy (non-hydrogen) atoms. The first kappa shape index (κ1) is 12.0. The Hall–Kier alpha value is -2.01. The molecule has 0 unspecified atom stereocenters. The molecule has 0 aliphatic carbocycles. The number of nitrogen functional groups attached to an aromatic ring is 1. The fourth-order valence-corrected chi connectivity index (χ4v) is 2.30. The molecule has 2 aromatic carbocycles. The van der Waals surface area contributed by atoms with E-state index in [2.05, 4.69) is 38.1 Å². The van der Waals surface area contributed by atoms with Crippen molar-refractivity contribution in [3.8, 4) is 0 Å². The number of nitrogens with two attached hydrogens (primary N) is 1. The van der Waals surface area contributed by atoms with Gasteiger partial charge in [-0.3, -0.25) is 0 Å². The van der Waals surface area contributed by atoms with E-state index in [0.29, 0.717) is 5.95 Å². The highest BCUT2D eigenvalue weighted by Gasteiger charge is 2.05. The van der Waals surface area contributed by atoms with Crippen molar-refractivity contribution in [2.45, 2.75) is 6.92 Å². The summed E-state index contributed by atoms with van der Waals surface area (Å²) in [5, 5.41) is 3.28. The van der Waals surface area contributed by atoms with Crippen molar-refractivity contribution in [3.05, 3.63) is 46.4 Å². The lowest BCUT2D eigenvalue weighted by Crippen LogP contribution is -1.94. The van der Waals surface area contributed by atoms with Crippen LogP contribution < -0.4 is 11.1 Å². The predicted molar refractivity (Wildman–Crippen MR) is 82.7 cm³/mol. The maximum absolute atomic E-state index is 5.76. The second kappa shape index (κ2) is 4.59. The van der Waals surface area contributed by atoms with Crippen molar-refractivity contribution in [1.29, 1.82) is 0 Å². The van der Waals surface area contributed by atoms with Crippen LogP contribution >= 0.6 is 15.9 Å². The Bertz CT molecular complexity index is 748. The molecule has 0 atom stereocenters. The number of aryl methyl sites for hydroxylation is 1.